The molecule has 0 spiro atoms. The topological polar surface area (TPSA) is 81.2 Å². The molecular weight excluding hydrogens is 342 g/mol. The maximum atomic E-state index is 6.12. The van der Waals surface area contributed by atoms with Crippen molar-refractivity contribution in [1.29, 1.82) is 0 Å². The fraction of sp³-hybridized carbons (Fsp3) is 0.118. The second kappa shape index (κ2) is 7.67. The standard InChI is InChI=1S/C17H16ClN5O2/c1-24-14-9-13(15(25-2)8-12(14)18)21-16-10-19-23-17(22-16)20-11-6-4-3-5-7-11/h3-10H,1-2H3,(H2,20,21,22,23). The van der Waals surface area contributed by atoms with Crippen LogP contribution in [0.4, 0.5) is 23.1 Å². The minimum Gasteiger partial charge on any atom is -0.495 e. The smallest absolute Gasteiger partial charge is 0.249 e. The number of methoxy groups -OCH3 is 2. The average Bonchev–Trinajstić information content (AvgIpc) is 2.64. The molecule has 0 radical (unpaired) electrons. The van der Waals surface area contributed by atoms with Gasteiger partial charge in [0.25, 0.3) is 0 Å². The number of anilines is 4. The van der Waals surface area contributed by atoms with Crippen molar-refractivity contribution < 1.29 is 9.47 Å². The number of nitrogens with zero attached hydrogens (tertiary/aromatic N) is 3. The van der Waals surface area contributed by atoms with Gasteiger partial charge in [-0.2, -0.15) is 10.1 Å². The summed E-state index contributed by atoms with van der Waals surface area (Å²) in [6.45, 7) is 0. The Morgan fingerprint density at radius 3 is 2.44 bits per heavy atom. The van der Waals surface area contributed by atoms with E-state index >= 15 is 0 Å². The Kier molecular flexibility index (Phi) is 5.15. The van der Waals surface area contributed by atoms with Crippen LogP contribution in [-0.4, -0.2) is 29.4 Å². The highest BCUT2D eigenvalue weighted by molar-refractivity contribution is 6.32. The van der Waals surface area contributed by atoms with Crippen LogP contribution in [0.5, 0.6) is 11.5 Å². The fourth-order valence-electron chi connectivity index (χ4n) is 2.16. The summed E-state index contributed by atoms with van der Waals surface area (Å²) in [5.74, 6) is 1.95. The second-order valence-electron chi connectivity index (χ2n) is 4.97. The molecule has 1 heterocycles. The Balaban J connectivity index is 1.85. The molecule has 25 heavy (non-hydrogen) atoms. The molecule has 0 amide bonds. The Hall–Kier alpha value is -3.06. The van der Waals surface area contributed by atoms with E-state index in [-0.39, 0.29) is 0 Å². The number of hydrogen-bond acceptors (Lipinski definition) is 7. The van der Waals surface area contributed by atoms with Crippen molar-refractivity contribution in [3.63, 3.8) is 0 Å². The van der Waals surface area contributed by atoms with Crippen LogP contribution in [0.2, 0.25) is 5.02 Å². The van der Waals surface area contributed by atoms with Crippen LogP contribution in [0.3, 0.4) is 0 Å². The Bertz CT molecular complexity index is 861. The SMILES string of the molecule is COc1cc(Nc2cnnc(Nc3ccccc3)n2)c(OC)cc1Cl. The van der Waals surface area contributed by atoms with Gasteiger partial charge in [0.15, 0.2) is 5.82 Å². The van der Waals surface area contributed by atoms with E-state index in [2.05, 4.69) is 25.8 Å². The molecule has 2 aromatic carbocycles. The van der Waals surface area contributed by atoms with E-state index in [1.165, 1.54) is 6.20 Å². The first-order valence-corrected chi connectivity index (χ1v) is 7.77. The van der Waals surface area contributed by atoms with E-state index in [0.717, 1.165) is 5.69 Å². The van der Waals surface area contributed by atoms with Gasteiger partial charge in [-0.05, 0) is 12.1 Å². The monoisotopic (exact) mass is 357 g/mol. The molecule has 0 fully saturated rings. The zero-order valence-electron chi connectivity index (χ0n) is 13.7. The van der Waals surface area contributed by atoms with Crippen molar-refractivity contribution in [1.82, 2.24) is 15.2 Å². The summed E-state index contributed by atoms with van der Waals surface area (Å²) in [6, 6.07) is 13.0. The van der Waals surface area contributed by atoms with Crippen molar-refractivity contribution in [2.45, 2.75) is 0 Å². The molecule has 3 aromatic rings. The van der Waals surface area contributed by atoms with Gasteiger partial charge >= 0.3 is 0 Å². The van der Waals surface area contributed by atoms with Crippen LogP contribution in [-0.2, 0) is 0 Å². The highest BCUT2D eigenvalue weighted by Crippen LogP contribution is 2.37. The first-order valence-electron chi connectivity index (χ1n) is 7.40. The van der Waals surface area contributed by atoms with Gasteiger partial charge in [0.05, 0.1) is 31.1 Å². The van der Waals surface area contributed by atoms with Crippen LogP contribution in [0.25, 0.3) is 0 Å². The first kappa shape index (κ1) is 16.8. The van der Waals surface area contributed by atoms with Gasteiger partial charge in [-0.15, -0.1) is 5.10 Å². The summed E-state index contributed by atoms with van der Waals surface area (Å²) in [4.78, 5) is 4.39. The number of para-hydroxylation sites is 1. The normalized spacial score (nSPS) is 10.2. The van der Waals surface area contributed by atoms with Gasteiger partial charge in [-0.25, -0.2) is 0 Å². The van der Waals surface area contributed by atoms with E-state index in [9.17, 15) is 0 Å². The zero-order chi connectivity index (χ0) is 17.6. The highest BCUT2D eigenvalue weighted by Gasteiger charge is 2.11. The molecule has 0 aliphatic heterocycles. The molecule has 128 valence electrons. The molecular formula is C17H16ClN5O2. The molecule has 0 aliphatic carbocycles. The summed E-state index contributed by atoms with van der Waals surface area (Å²) in [5, 5.41) is 14.6. The number of benzene rings is 2. The summed E-state index contributed by atoms with van der Waals surface area (Å²) in [7, 11) is 3.11. The number of rotatable bonds is 6. The Labute approximate surface area is 150 Å². The molecule has 0 aliphatic rings. The zero-order valence-corrected chi connectivity index (χ0v) is 14.4. The second-order valence-corrected chi connectivity index (χ2v) is 5.38. The summed E-state index contributed by atoms with van der Waals surface area (Å²) in [5.41, 5.74) is 1.52. The van der Waals surface area contributed by atoms with E-state index in [0.29, 0.717) is 34.0 Å². The molecule has 1 aromatic heterocycles. The maximum absolute atomic E-state index is 6.12. The minimum absolute atomic E-state index is 0.371. The third kappa shape index (κ3) is 4.07. The summed E-state index contributed by atoms with van der Waals surface area (Å²) in [6.07, 6.45) is 1.51. The van der Waals surface area contributed by atoms with Crippen LogP contribution in [0, 0.1) is 0 Å². The number of hydrogen-bond donors (Lipinski definition) is 2. The van der Waals surface area contributed by atoms with Crippen LogP contribution in [0.15, 0.2) is 48.7 Å². The van der Waals surface area contributed by atoms with E-state index in [1.54, 1.807) is 26.4 Å². The Morgan fingerprint density at radius 2 is 1.72 bits per heavy atom. The quantitative estimate of drug-likeness (QED) is 0.689. The van der Waals surface area contributed by atoms with Crippen molar-refractivity contribution >= 4 is 34.7 Å². The lowest BCUT2D eigenvalue weighted by Crippen LogP contribution is -2.03. The van der Waals surface area contributed by atoms with Crippen molar-refractivity contribution in [3.05, 3.63) is 53.7 Å². The van der Waals surface area contributed by atoms with Crippen molar-refractivity contribution in [2.75, 3.05) is 24.9 Å². The molecule has 0 saturated heterocycles. The van der Waals surface area contributed by atoms with Gasteiger partial charge < -0.3 is 20.1 Å². The minimum atomic E-state index is 0.371. The van der Waals surface area contributed by atoms with Gasteiger partial charge in [0.1, 0.15) is 11.5 Å². The predicted octanol–water partition coefficient (Wildman–Crippen LogP) is 4.03. The largest absolute Gasteiger partial charge is 0.495 e. The lowest BCUT2D eigenvalue weighted by molar-refractivity contribution is 0.405. The van der Waals surface area contributed by atoms with Gasteiger partial charge in [-0.3, -0.25) is 0 Å². The van der Waals surface area contributed by atoms with Crippen molar-refractivity contribution in [3.8, 4) is 11.5 Å². The first-order chi connectivity index (χ1) is 12.2. The third-order valence-corrected chi connectivity index (χ3v) is 3.62. The molecule has 0 bridgehead atoms. The van der Waals surface area contributed by atoms with E-state index in [4.69, 9.17) is 21.1 Å². The van der Waals surface area contributed by atoms with Crippen LogP contribution < -0.4 is 20.1 Å². The molecule has 0 atom stereocenters. The lowest BCUT2D eigenvalue weighted by Gasteiger charge is -2.13. The predicted molar refractivity (Wildman–Crippen MR) is 97.4 cm³/mol. The Morgan fingerprint density at radius 1 is 0.960 bits per heavy atom. The number of nitrogens with one attached hydrogen (secondary N) is 2. The molecule has 7 nitrogen and oxygen atoms in total. The van der Waals surface area contributed by atoms with Gasteiger partial charge in [0.2, 0.25) is 5.95 Å². The van der Waals surface area contributed by atoms with Crippen molar-refractivity contribution in [2.24, 2.45) is 0 Å². The van der Waals surface area contributed by atoms with E-state index in [1.807, 2.05) is 30.3 Å². The maximum Gasteiger partial charge on any atom is 0.249 e. The molecule has 3 rings (SSSR count). The van der Waals surface area contributed by atoms with E-state index < -0.39 is 0 Å². The molecule has 0 saturated carbocycles. The summed E-state index contributed by atoms with van der Waals surface area (Å²) >= 11 is 6.12. The van der Waals surface area contributed by atoms with Crippen LogP contribution >= 0.6 is 11.6 Å². The molecule has 2 N–H and O–H groups in total. The van der Waals surface area contributed by atoms with Gasteiger partial charge in [-0.1, -0.05) is 29.8 Å². The number of ether oxygens (including phenoxy) is 2. The fourth-order valence-corrected chi connectivity index (χ4v) is 2.39. The highest BCUT2D eigenvalue weighted by atomic mass is 35.5. The lowest BCUT2D eigenvalue weighted by atomic mass is 10.2. The molecule has 0 unspecified atom stereocenters. The summed E-state index contributed by atoms with van der Waals surface area (Å²) < 4.78 is 10.6. The van der Waals surface area contributed by atoms with Crippen LogP contribution in [0.1, 0.15) is 0 Å². The third-order valence-electron chi connectivity index (χ3n) is 3.33. The number of halogens is 1. The number of aromatic nitrogens is 3. The van der Waals surface area contributed by atoms with Gasteiger partial charge in [0, 0.05) is 17.8 Å². The molecule has 8 heteroatoms. The average molecular weight is 358 g/mol.